The van der Waals surface area contributed by atoms with Gasteiger partial charge in [-0.3, -0.25) is 4.31 Å². The molecule has 0 bridgehead atoms. The second-order valence-corrected chi connectivity index (χ2v) is 10.2. The van der Waals surface area contributed by atoms with Crippen molar-refractivity contribution in [3.8, 4) is 0 Å². The highest BCUT2D eigenvalue weighted by Gasteiger charge is 2.29. The molecule has 3 aromatic carbocycles. The predicted octanol–water partition coefficient (Wildman–Crippen LogP) is 5.82. The molecule has 0 saturated heterocycles. The molecule has 1 heterocycles. The lowest BCUT2D eigenvalue weighted by molar-refractivity contribution is 0.0535. The Morgan fingerprint density at radius 1 is 1.00 bits per heavy atom. The fraction of sp³-hybridized carbons (Fsp3) is 0.0952. The van der Waals surface area contributed by atoms with E-state index in [1.54, 1.807) is 42.5 Å². The van der Waals surface area contributed by atoms with Gasteiger partial charge < -0.3 is 4.74 Å². The molecule has 1 aliphatic heterocycles. The molecule has 0 fully saturated rings. The average molecular weight is 527 g/mol. The summed E-state index contributed by atoms with van der Waals surface area (Å²) in [6.45, 7) is 0.0599. The van der Waals surface area contributed by atoms with Crippen LogP contribution in [0.15, 0.2) is 70.0 Å². The van der Waals surface area contributed by atoms with Gasteiger partial charge in [0, 0.05) is 25.6 Å². The first-order chi connectivity index (χ1) is 14.3. The average Bonchev–Trinajstić information content (AvgIpc) is 3.08. The van der Waals surface area contributed by atoms with Crippen molar-refractivity contribution in [3.63, 3.8) is 0 Å². The van der Waals surface area contributed by atoms with Crippen LogP contribution in [0.2, 0.25) is 10.0 Å². The van der Waals surface area contributed by atoms with Crippen LogP contribution in [-0.4, -0.2) is 14.4 Å². The smallest absolute Gasteiger partial charge is 0.338 e. The Morgan fingerprint density at radius 2 is 1.70 bits per heavy atom. The van der Waals surface area contributed by atoms with Crippen molar-refractivity contribution in [2.45, 2.75) is 18.0 Å². The number of ether oxygens (including phenoxy) is 1. The number of carbonyl (C=O) groups is 1. The van der Waals surface area contributed by atoms with Gasteiger partial charge in [-0.25, -0.2) is 13.2 Å². The van der Waals surface area contributed by atoms with Gasteiger partial charge in [-0.2, -0.15) is 0 Å². The molecule has 4 rings (SSSR count). The number of hydrogen-bond acceptors (Lipinski definition) is 4. The van der Waals surface area contributed by atoms with Crippen LogP contribution in [0.25, 0.3) is 0 Å². The Hall–Kier alpha value is -2.06. The minimum Gasteiger partial charge on any atom is -0.457 e. The molecule has 0 unspecified atom stereocenters. The zero-order valence-corrected chi connectivity index (χ0v) is 19.2. The van der Waals surface area contributed by atoms with Gasteiger partial charge in [0.05, 0.1) is 22.7 Å². The second kappa shape index (κ2) is 8.23. The standard InChI is InChI=1S/C21H14BrCl2NO4S/c22-14-3-1-4-16(9-14)30(27,28)25(11-18-19(23)5-2-6-20(18)24)15-8-7-13-12-29-21(26)17(13)10-15/h1-10H,11-12H2. The predicted molar refractivity (Wildman–Crippen MR) is 120 cm³/mol. The number of esters is 1. The topological polar surface area (TPSA) is 63.7 Å². The zero-order chi connectivity index (χ0) is 21.5. The zero-order valence-electron chi connectivity index (χ0n) is 15.3. The molecule has 5 nitrogen and oxygen atoms in total. The van der Waals surface area contributed by atoms with E-state index in [-0.39, 0.29) is 18.0 Å². The van der Waals surface area contributed by atoms with Gasteiger partial charge in [0.2, 0.25) is 0 Å². The molecule has 0 radical (unpaired) electrons. The van der Waals surface area contributed by atoms with Gasteiger partial charge in [0.25, 0.3) is 10.0 Å². The molecule has 9 heteroatoms. The first-order valence-corrected chi connectivity index (χ1v) is 11.8. The Bertz CT molecular complexity index is 1240. The van der Waals surface area contributed by atoms with Gasteiger partial charge in [-0.05, 0) is 42.5 Å². The van der Waals surface area contributed by atoms with E-state index in [1.807, 2.05) is 0 Å². The Morgan fingerprint density at radius 3 is 2.40 bits per heavy atom. The number of benzene rings is 3. The van der Waals surface area contributed by atoms with Crippen LogP contribution in [0.4, 0.5) is 5.69 Å². The lowest BCUT2D eigenvalue weighted by Gasteiger charge is -2.26. The normalized spacial score (nSPS) is 13.1. The van der Waals surface area contributed by atoms with Crippen LogP contribution in [0.5, 0.6) is 0 Å². The highest BCUT2D eigenvalue weighted by molar-refractivity contribution is 9.10. The van der Waals surface area contributed by atoms with Crippen molar-refractivity contribution >= 4 is 60.8 Å². The summed E-state index contributed by atoms with van der Waals surface area (Å²) < 4.78 is 34.0. The van der Waals surface area contributed by atoms with Crippen LogP contribution in [0, 0.1) is 0 Å². The van der Waals surface area contributed by atoms with Gasteiger partial charge in [-0.15, -0.1) is 0 Å². The lowest BCUT2D eigenvalue weighted by atomic mass is 10.1. The molecule has 3 aromatic rings. The maximum absolute atomic E-state index is 13.6. The molecular formula is C21H14BrCl2NO4S. The summed E-state index contributed by atoms with van der Waals surface area (Å²) in [4.78, 5) is 12.1. The van der Waals surface area contributed by atoms with Crippen LogP contribution in [0.1, 0.15) is 21.5 Å². The summed E-state index contributed by atoms with van der Waals surface area (Å²) in [5, 5.41) is 0.690. The number of halogens is 3. The molecule has 154 valence electrons. The summed E-state index contributed by atoms with van der Waals surface area (Å²) in [5.41, 5.74) is 1.82. The quantitative estimate of drug-likeness (QED) is 0.393. The van der Waals surface area contributed by atoms with Crippen molar-refractivity contribution in [1.29, 1.82) is 0 Å². The third kappa shape index (κ3) is 3.95. The summed E-state index contributed by atoms with van der Waals surface area (Å²) in [7, 11) is -4.01. The van der Waals surface area contributed by atoms with Gasteiger partial charge in [-0.1, -0.05) is 57.3 Å². The number of cyclic esters (lactones) is 1. The van der Waals surface area contributed by atoms with E-state index in [4.69, 9.17) is 27.9 Å². The minimum atomic E-state index is -4.01. The Balaban J connectivity index is 1.87. The molecule has 0 spiro atoms. The van der Waals surface area contributed by atoms with E-state index in [9.17, 15) is 13.2 Å². The molecule has 30 heavy (non-hydrogen) atoms. The Kier molecular flexibility index (Phi) is 5.81. The van der Waals surface area contributed by atoms with Crippen LogP contribution < -0.4 is 4.31 Å². The fourth-order valence-electron chi connectivity index (χ4n) is 3.15. The largest absolute Gasteiger partial charge is 0.457 e. The van der Waals surface area contributed by atoms with Crippen molar-refractivity contribution in [1.82, 2.24) is 0 Å². The van der Waals surface area contributed by atoms with Crippen molar-refractivity contribution in [2.75, 3.05) is 4.31 Å². The van der Waals surface area contributed by atoms with E-state index in [2.05, 4.69) is 15.9 Å². The lowest BCUT2D eigenvalue weighted by Crippen LogP contribution is -2.31. The van der Waals surface area contributed by atoms with Gasteiger partial charge in [0.15, 0.2) is 0 Å². The number of sulfonamides is 1. The number of hydrogen-bond donors (Lipinski definition) is 0. The number of nitrogens with zero attached hydrogens (tertiary/aromatic N) is 1. The van der Waals surface area contributed by atoms with Crippen LogP contribution in [-0.2, 0) is 27.9 Å². The minimum absolute atomic E-state index is 0.0862. The molecule has 0 atom stereocenters. The first-order valence-electron chi connectivity index (χ1n) is 8.78. The summed E-state index contributed by atoms with van der Waals surface area (Å²) in [6, 6.07) is 16.2. The Labute approximate surface area is 192 Å². The number of carbonyl (C=O) groups excluding carboxylic acids is 1. The molecule has 1 aliphatic rings. The van der Waals surface area contributed by atoms with E-state index in [0.29, 0.717) is 36.9 Å². The maximum Gasteiger partial charge on any atom is 0.338 e. The third-order valence-corrected chi connectivity index (χ3v) is 7.68. The molecule has 0 aliphatic carbocycles. The molecule has 0 amide bonds. The highest BCUT2D eigenvalue weighted by atomic mass is 79.9. The van der Waals surface area contributed by atoms with Crippen molar-refractivity contribution in [2.24, 2.45) is 0 Å². The maximum atomic E-state index is 13.6. The first kappa shape index (κ1) is 21.2. The van der Waals surface area contributed by atoms with Gasteiger partial charge in [0.1, 0.15) is 6.61 Å². The van der Waals surface area contributed by atoms with E-state index in [0.717, 1.165) is 0 Å². The summed E-state index contributed by atoms with van der Waals surface area (Å²) in [6.07, 6.45) is 0. The van der Waals surface area contributed by atoms with E-state index >= 15 is 0 Å². The van der Waals surface area contributed by atoms with Crippen LogP contribution in [0.3, 0.4) is 0 Å². The molecule has 0 saturated carbocycles. The molecule has 0 N–H and O–H groups in total. The second-order valence-electron chi connectivity index (χ2n) is 6.59. The van der Waals surface area contributed by atoms with Gasteiger partial charge >= 0.3 is 5.97 Å². The van der Waals surface area contributed by atoms with Crippen molar-refractivity contribution < 1.29 is 17.9 Å². The molecular weight excluding hydrogens is 513 g/mol. The van der Waals surface area contributed by atoms with Crippen molar-refractivity contribution in [3.05, 3.63) is 91.9 Å². The third-order valence-electron chi connectivity index (χ3n) is 4.71. The van der Waals surface area contributed by atoms with E-state index in [1.165, 1.54) is 22.5 Å². The summed E-state index contributed by atoms with van der Waals surface area (Å²) in [5.74, 6) is -0.484. The van der Waals surface area contributed by atoms with Crippen LogP contribution >= 0.6 is 39.1 Å². The highest BCUT2D eigenvalue weighted by Crippen LogP contribution is 2.34. The SMILES string of the molecule is O=C1OCc2ccc(N(Cc3c(Cl)cccc3Cl)S(=O)(=O)c3cccc(Br)c3)cc21. The number of fused-ring (bicyclic) bond motifs is 1. The fourth-order valence-corrected chi connectivity index (χ4v) is 5.69. The van der Waals surface area contributed by atoms with E-state index < -0.39 is 16.0 Å². The monoisotopic (exact) mass is 525 g/mol. The summed E-state index contributed by atoms with van der Waals surface area (Å²) >= 11 is 15.9. The number of rotatable bonds is 5. The number of anilines is 1. The molecule has 0 aromatic heterocycles.